The number of carbonyl (C=O) groups is 2. The fourth-order valence-electron chi connectivity index (χ4n) is 3.06. The molecule has 2 amide bonds. The molecule has 0 saturated carbocycles. The highest BCUT2D eigenvalue weighted by Gasteiger charge is 2.28. The minimum Gasteiger partial charge on any atom is -0.497 e. The van der Waals surface area contributed by atoms with Gasteiger partial charge in [0, 0.05) is 25.1 Å². The number of anilines is 1. The van der Waals surface area contributed by atoms with E-state index in [2.05, 4.69) is 5.32 Å². The number of amides is 2. The molecule has 1 aromatic heterocycles. The molecular formula is C19H22N2O5. The van der Waals surface area contributed by atoms with Crippen molar-refractivity contribution in [2.75, 3.05) is 32.6 Å². The minimum atomic E-state index is -0.153. The molecule has 1 aliphatic rings. The van der Waals surface area contributed by atoms with Gasteiger partial charge in [-0.15, -0.1) is 0 Å². The highest BCUT2D eigenvalue weighted by molar-refractivity contribution is 5.95. The Kier molecular flexibility index (Phi) is 5.46. The number of ether oxygens (including phenoxy) is 2. The highest BCUT2D eigenvalue weighted by atomic mass is 16.5. The molecule has 138 valence electrons. The van der Waals surface area contributed by atoms with E-state index in [1.165, 1.54) is 12.5 Å². The third-order valence-electron chi connectivity index (χ3n) is 4.59. The van der Waals surface area contributed by atoms with Gasteiger partial charge >= 0.3 is 0 Å². The van der Waals surface area contributed by atoms with Crippen LogP contribution in [0.1, 0.15) is 23.2 Å². The maximum absolute atomic E-state index is 12.6. The molecule has 26 heavy (non-hydrogen) atoms. The number of nitrogens with one attached hydrogen (secondary N) is 1. The van der Waals surface area contributed by atoms with Crippen LogP contribution >= 0.6 is 0 Å². The molecule has 7 heteroatoms. The monoisotopic (exact) mass is 358 g/mol. The first-order valence-electron chi connectivity index (χ1n) is 8.46. The van der Waals surface area contributed by atoms with Gasteiger partial charge < -0.3 is 24.1 Å². The zero-order chi connectivity index (χ0) is 18.5. The van der Waals surface area contributed by atoms with Crippen molar-refractivity contribution in [1.82, 2.24) is 4.90 Å². The summed E-state index contributed by atoms with van der Waals surface area (Å²) < 4.78 is 15.4. The molecule has 0 aliphatic carbocycles. The Morgan fingerprint density at radius 3 is 2.54 bits per heavy atom. The van der Waals surface area contributed by atoms with Crippen molar-refractivity contribution in [3.63, 3.8) is 0 Å². The SMILES string of the molecule is COc1ccc(OC)c(NC(=O)C2CCN(C(=O)c3ccoc3)CC2)c1. The van der Waals surface area contributed by atoms with E-state index in [1.807, 2.05) is 0 Å². The van der Waals surface area contributed by atoms with Crippen LogP contribution in [0.25, 0.3) is 0 Å². The van der Waals surface area contributed by atoms with E-state index in [4.69, 9.17) is 13.9 Å². The van der Waals surface area contributed by atoms with Gasteiger partial charge in [-0.25, -0.2) is 0 Å². The van der Waals surface area contributed by atoms with Crippen LogP contribution in [0.15, 0.2) is 41.2 Å². The van der Waals surface area contributed by atoms with Gasteiger partial charge in [0.1, 0.15) is 17.8 Å². The predicted molar refractivity (Wildman–Crippen MR) is 95.5 cm³/mol. The molecule has 1 N–H and O–H groups in total. The fraction of sp³-hybridized carbons (Fsp3) is 0.368. The van der Waals surface area contributed by atoms with Crippen LogP contribution in [0, 0.1) is 5.92 Å². The van der Waals surface area contributed by atoms with Crippen LogP contribution in [-0.2, 0) is 4.79 Å². The molecule has 1 saturated heterocycles. The molecule has 0 radical (unpaired) electrons. The van der Waals surface area contributed by atoms with Gasteiger partial charge in [0.15, 0.2) is 0 Å². The van der Waals surface area contributed by atoms with Crippen LogP contribution < -0.4 is 14.8 Å². The summed E-state index contributed by atoms with van der Waals surface area (Å²) in [4.78, 5) is 26.7. The maximum atomic E-state index is 12.6. The number of hydrogen-bond acceptors (Lipinski definition) is 5. The molecule has 0 bridgehead atoms. The van der Waals surface area contributed by atoms with Gasteiger partial charge in [-0.3, -0.25) is 9.59 Å². The third kappa shape index (κ3) is 3.82. The Morgan fingerprint density at radius 1 is 1.15 bits per heavy atom. The average molecular weight is 358 g/mol. The third-order valence-corrected chi connectivity index (χ3v) is 4.59. The van der Waals surface area contributed by atoms with Gasteiger partial charge in [-0.2, -0.15) is 0 Å². The van der Waals surface area contributed by atoms with Crippen LogP contribution in [0.5, 0.6) is 11.5 Å². The van der Waals surface area contributed by atoms with Gasteiger partial charge in [-0.1, -0.05) is 0 Å². The Balaban J connectivity index is 1.60. The molecule has 7 nitrogen and oxygen atoms in total. The Morgan fingerprint density at radius 2 is 1.92 bits per heavy atom. The lowest BCUT2D eigenvalue weighted by Crippen LogP contribution is -2.41. The molecule has 1 fully saturated rings. The highest BCUT2D eigenvalue weighted by Crippen LogP contribution is 2.30. The number of benzene rings is 1. The van der Waals surface area contributed by atoms with Crippen molar-refractivity contribution >= 4 is 17.5 Å². The van der Waals surface area contributed by atoms with E-state index in [1.54, 1.807) is 43.4 Å². The van der Waals surface area contributed by atoms with Crippen LogP contribution in [0.4, 0.5) is 5.69 Å². The number of hydrogen-bond donors (Lipinski definition) is 1. The lowest BCUT2D eigenvalue weighted by atomic mass is 9.95. The first-order chi connectivity index (χ1) is 12.6. The number of carbonyl (C=O) groups excluding carboxylic acids is 2. The van der Waals surface area contributed by atoms with E-state index in [-0.39, 0.29) is 17.7 Å². The normalized spacial score (nSPS) is 14.8. The summed E-state index contributed by atoms with van der Waals surface area (Å²) >= 11 is 0. The lowest BCUT2D eigenvalue weighted by molar-refractivity contribution is -0.121. The van der Waals surface area contributed by atoms with Crippen LogP contribution in [0.2, 0.25) is 0 Å². The second-order valence-electron chi connectivity index (χ2n) is 6.13. The summed E-state index contributed by atoms with van der Waals surface area (Å²) in [7, 11) is 3.12. The Hall–Kier alpha value is -2.96. The van der Waals surface area contributed by atoms with Gasteiger partial charge in [0.05, 0.1) is 31.7 Å². The van der Waals surface area contributed by atoms with E-state index in [0.717, 1.165) is 0 Å². The van der Waals surface area contributed by atoms with Crippen molar-refractivity contribution in [3.8, 4) is 11.5 Å². The largest absolute Gasteiger partial charge is 0.497 e. The number of rotatable bonds is 5. The molecule has 3 rings (SSSR count). The minimum absolute atomic E-state index is 0.0629. The summed E-state index contributed by atoms with van der Waals surface area (Å²) in [5.74, 6) is 0.923. The van der Waals surface area contributed by atoms with Crippen molar-refractivity contribution in [1.29, 1.82) is 0 Å². The average Bonchev–Trinajstić information content (AvgIpc) is 3.22. The smallest absolute Gasteiger partial charge is 0.257 e. The Bertz CT molecular complexity index is 764. The summed E-state index contributed by atoms with van der Waals surface area (Å²) in [6, 6.07) is 6.90. The first kappa shape index (κ1) is 17.8. The second kappa shape index (κ2) is 7.95. The molecule has 1 aliphatic heterocycles. The molecule has 1 aromatic carbocycles. The van der Waals surface area contributed by atoms with Gasteiger partial charge in [-0.05, 0) is 31.0 Å². The number of piperidine rings is 1. The quantitative estimate of drug-likeness (QED) is 0.889. The van der Waals surface area contributed by atoms with Crippen molar-refractivity contribution < 1.29 is 23.5 Å². The predicted octanol–water partition coefficient (Wildman–Crippen LogP) is 2.79. The lowest BCUT2D eigenvalue weighted by Gasteiger charge is -2.31. The van der Waals surface area contributed by atoms with Crippen molar-refractivity contribution in [2.24, 2.45) is 5.92 Å². The van der Waals surface area contributed by atoms with E-state index >= 15 is 0 Å². The Labute approximate surface area is 151 Å². The number of methoxy groups -OCH3 is 2. The fourth-order valence-corrected chi connectivity index (χ4v) is 3.06. The zero-order valence-corrected chi connectivity index (χ0v) is 14.9. The summed E-state index contributed by atoms with van der Waals surface area (Å²) in [6.45, 7) is 1.08. The first-order valence-corrected chi connectivity index (χ1v) is 8.46. The summed E-state index contributed by atoms with van der Waals surface area (Å²) in [5, 5.41) is 2.92. The van der Waals surface area contributed by atoms with Gasteiger partial charge in [0.25, 0.3) is 5.91 Å². The number of furan rings is 1. The zero-order valence-electron chi connectivity index (χ0n) is 14.9. The van der Waals surface area contributed by atoms with Gasteiger partial charge in [0.2, 0.25) is 5.91 Å². The topological polar surface area (TPSA) is 81.0 Å². The van der Waals surface area contributed by atoms with Crippen molar-refractivity contribution in [3.05, 3.63) is 42.4 Å². The van der Waals surface area contributed by atoms with E-state index in [9.17, 15) is 9.59 Å². The molecule has 0 atom stereocenters. The number of likely N-dealkylation sites (tertiary alicyclic amines) is 1. The van der Waals surface area contributed by atoms with E-state index < -0.39 is 0 Å². The van der Waals surface area contributed by atoms with E-state index in [0.29, 0.717) is 48.7 Å². The summed E-state index contributed by atoms with van der Waals surface area (Å²) in [5.41, 5.74) is 1.11. The molecule has 0 spiro atoms. The number of nitrogens with zero attached hydrogens (tertiary/aromatic N) is 1. The standard InChI is InChI=1S/C19H22N2O5/c1-24-15-3-4-17(25-2)16(11-15)20-18(22)13-5-8-21(9-6-13)19(23)14-7-10-26-12-14/h3-4,7,10-13H,5-6,8-9H2,1-2H3,(H,20,22). The molecular weight excluding hydrogens is 336 g/mol. The van der Waals surface area contributed by atoms with Crippen molar-refractivity contribution in [2.45, 2.75) is 12.8 Å². The second-order valence-corrected chi connectivity index (χ2v) is 6.13. The van der Waals surface area contributed by atoms with Crippen LogP contribution in [-0.4, -0.2) is 44.0 Å². The molecule has 2 aromatic rings. The maximum Gasteiger partial charge on any atom is 0.257 e. The van der Waals surface area contributed by atoms with Crippen LogP contribution in [0.3, 0.4) is 0 Å². The molecule has 2 heterocycles. The summed E-state index contributed by atoms with van der Waals surface area (Å²) in [6.07, 6.45) is 4.15. The molecule has 0 unspecified atom stereocenters.